The Morgan fingerprint density at radius 2 is 2.11 bits per heavy atom. The predicted molar refractivity (Wildman–Crippen MR) is 77.7 cm³/mol. The molecule has 0 saturated carbocycles. The lowest BCUT2D eigenvalue weighted by Crippen LogP contribution is -2.10. The average molecular weight is 303 g/mol. The first-order valence-electron chi connectivity index (χ1n) is 5.34. The molecule has 3 N–H and O–H groups in total. The monoisotopic (exact) mass is 302 g/mol. The maximum absolute atomic E-state index is 5.87. The number of anilines is 2. The summed E-state index contributed by atoms with van der Waals surface area (Å²) in [7, 11) is 0. The normalized spacial score (nSPS) is 10.6. The predicted octanol–water partition coefficient (Wildman–Crippen LogP) is 3.39. The molecule has 0 saturated heterocycles. The van der Waals surface area contributed by atoms with E-state index in [9.17, 15) is 0 Å². The Balaban J connectivity index is 1.98. The largest absolute Gasteiger partial charge is 0.394 e. The Morgan fingerprint density at radius 3 is 2.78 bits per heavy atom. The Morgan fingerprint density at radius 1 is 1.33 bits per heavy atom. The minimum Gasteiger partial charge on any atom is -0.394 e. The van der Waals surface area contributed by atoms with E-state index < -0.39 is 0 Å². The van der Waals surface area contributed by atoms with Crippen molar-refractivity contribution in [2.24, 2.45) is 0 Å². The molecule has 0 aliphatic rings. The van der Waals surface area contributed by atoms with Gasteiger partial charge in [0.1, 0.15) is 0 Å². The van der Waals surface area contributed by atoms with E-state index in [0.717, 1.165) is 10.8 Å². The number of hydrogen-bond acceptors (Lipinski definition) is 5. The van der Waals surface area contributed by atoms with Gasteiger partial charge in [-0.2, -0.15) is 4.98 Å². The van der Waals surface area contributed by atoms with Crippen LogP contribution in [0.3, 0.4) is 0 Å². The molecule has 4 nitrogen and oxygen atoms in total. The molecule has 0 unspecified atom stereocenters. The fraction of sp³-hybridized carbons (Fsp3) is 0.273. The molecule has 7 heteroatoms. The standard InChI is InChI=1S/C11H12Cl2N4S/c1-6-9(14)10(17-11(13)16-6)15-5-4-7-2-3-8(12)18-7/h2-3H,4-5,14H2,1H3,(H,15,16,17). The van der Waals surface area contributed by atoms with Crippen molar-refractivity contribution in [3.63, 3.8) is 0 Å². The van der Waals surface area contributed by atoms with E-state index in [0.29, 0.717) is 23.7 Å². The van der Waals surface area contributed by atoms with Crippen LogP contribution in [0.15, 0.2) is 12.1 Å². The van der Waals surface area contributed by atoms with Crippen LogP contribution in [0.4, 0.5) is 11.5 Å². The molecule has 0 aromatic carbocycles. The molecule has 96 valence electrons. The first-order valence-corrected chi connectivity index (χ1v) is 6.91. The summed E-state index contributed by atoms with van der Waals surface area (Å²) in [5.74, 6) is 0.579. The van der Waals surface area contributed by atoms with Crippen LogP contribution in [0.5, 0.6) is 0 Å². The van der Waals surface area contributed by atoms with E-state index in [1.807, 2.05) is 12.1 Å². The van der Waals surface area contributed by atoms with Gasteiger partial charge < -0.3 is 11.1 Å². The Bertz CT molecular complexity index is 556. The topological polar surface area (TPSA) is 63.8 Å². The molecular weight excluding hydrogens is 291 g/mol. The molecule has 18 heavy (non-hydrogen) atoms. The van der Waals surface area contributed by atoms with Crippen LogP contribution < -0.4 is 11.1 Å². The number of nitrogens with zero attached hydrogens (tertiary/aromatic N) is 2. The van der Waals surface area contributed by atoms with Crippen molar-refractivity contribution in [2.45, 2.75) is 13.3 Å². The van der Waals surface area contributed by atoms with E-state index >= 15 is 0 Å². The van der Waals surface area contributed by atoms with Crippen molar-refractivity contribution in [3.05, 3.63) is 32.3 Å². The highest BCUT2D eigenvalue weighted by Crippen LogP contribution is 2.23. The van der Waals surface area contributed by atoms with Gasteiger partial charge in [-0.25, -0.2) is 4.98 Å². The van der Waals surface area contributed by atoms with Gasteiger partial charge in [0.05, 0.1) is 15.7 Å². The van der Waals surface area contributed by atoms with Crippen molar-refractivity contribution >= 4 is 46.0 Å². The third kappa shape index (κ3) is 3.25. The lowest BCUT2D eigenvalue weighted by molar-refractivity contribution is 1.01. The zero-order valence-electron chi connectivity index (χ0n) is 9.70. The van der Waals surface area contributed by atoms with Crippen LogP contribution in [0.1, 0.15) is 10.6 Å². The molecule has 0 aliphatic carbocycles. The fourth-order valence-electron chi connectivity index (χ4n) is 1.47. The zero-order valence-corrected chi connectivity index (χ0v) is 12.0. The van der Waals surface area contributed by atoms with E-state index in [1.165, 1.54) is 4.88 Å². The van der Waals surface area contributed by atoms with Crippen LogP contribution >= 0.6 is 34.5 Å². The van der Waals surface area contributed by atoms with Gasteiger partial charge in [-0.3, -0.25) is 0 Å². The van der Waals surface area contributed by atoms with Crippen molar-refractivity contribution in [3.8, 4) is 0 Å². The van der Waals surface area contributed by atoms with Gasteiger partial charge >= 0.3 is 0 Å². The van der Waals surface area contributed by atoms with Gasteiger partial charge in [-0.05, 0) is 37.1 Å². The first kappa shape index (κ1) is 13.4. The highest BCUT2D eigenvalue weighted by molar-refractivity contribution is 7.16. The van der Waals surface area contributed by atoms with Crippen molar-refractivity contribution in [2.75, 3.05) is 17.6 Å². The van der Waals surface area contributed by atoms with E-state index in [-0.39, 0.29) is 5.28 Å². The second-order valence-corrected chi connectivity index (χ2v) is 5.86. The Labute approximate surface area is 119 Å². The zero-order chi connectivity index (χ0) is 13.1. The summed E-state index contributed by atoms with van der Waals surface area (Å²) in [6.45, 7) is 2.51. The van der Waals surface area contributed by atoms with Gasteiger partial charge in [0.15, 0.2) is 5.82 Å². The van der Waals surface area contributed by atoms with Gasteiger partial charge in [0.25, 0.3) is 0 Å². The second-order valence-electron chi connectivity index (χ2n) is 3.72. The quantitative estimate of drug-likeness (QED) is 0.850. The van der Waals surface area contributed by atoms with E-state index in [2.05, 4.69) is 15.3 Å². The Hall–Kier alpha value is -1.04. The first-order chi connectivity index (χ1) is 8.56. The molecule has 0 radical (unpaired) electrons. The molecule has 0 bridgehead atoms. The van der Waals surface area contributed by atoms with Crippen molar-refractivity contribution < 1.29 is 0 Å². The van der Waals surface area contributed by atoms with Crippen LogP contribution in [0.25, 0.3) is 0 Å². The maximum Gasteiger partial charge on any atom is 0.224 e. The molecule has 0 atom stereocenters. The summed E-state index contributed by atoms with van der Waals surface area (Å²) in [6, 6.07) is 3.90. The molecule has 0 aliphatic heterocycles. The van der Waals surface area contributed by atoms with Crippen LogP contribution in [0, 0.1) is 6.92 Å². The van der Waals surface area contributed by atoms with Crippen molar-refractivity contribution in [1.29, 1.82) is 0 Å². The summed E-state index contributed by atoms with van der Waals surface area (Å²) in [5, 5.41) is 3.35. The maximum atomic E-state index is 5.87. The minimum atomic E-state index is 0.198. The highest BCUT2D eigenvalue weighted by atomic mass is 35.5. The minimum absolute atomic E-state index is 0.198. The fourth-order valence-corrected chi connectivity index (χ4v) is 2.77. The number of aryl methyl sites for hydroxylation is 1. The number of nitrogens with one attached hydrogen (secondary N) is 1. The van der Waals surface area contributed by atoms with Crippen LogP contribution in [0.2, 0.25) is 9.62 Å². The number of hydrogen-bond donors (Lipinski definition) is 2. The molecule has 0 spiro atoms. The molecule has 2 aromatic rings. The lowest BCUT2D eigenvalue weighted by atomic mass is 10.3. The average Bonchev–Trinajstić information content (AvgIpc) is 2.71. The molecular formula is C11H12Cl2N4S. The summed E-state index contributed by atoms with van der Waals surface area (Å²) in [5.41, 5.74) is 7.08. The van der Waals surface area contributed by atoms with E-state index in [1.54, 1.807) is 18.3 Å². The number of thiophene rings is 1. The summed E-state index contributed by atoms with van der Waals surface area (Å²) in [4.78, 5) is 9.25. The summed E-state index contributed by atoms with van der Waals surface area (Å²) < 4.78 is 0.797. The summed E-state index contributed by atoms with van der Waals surface area (Å²) in [6.07, 6.45) is 0.859. The van der Waals surface area contributed by atoms with Gasteiger partial charge in [0, 0.05) is 11.4 Å². The summed E-state index contributed by atoms with van der Waals surface area (Å²) >= 11 is 13.2. The third-order valence-corrected chi connectivity index (χ3v) is 3.86. The molecule has 0 amide bonds. The number of nitrogen functional groups attached to an aromatic ring is 1. The molecule has 2 aromatic heterocycles. The molecule has 0 fully saturated rings. The van der Waals surface area contributed by atoms with Gasteiger partial charge in [0.2, 0.25) is 5.28 Å². The molecule has 2 heterocycles. The van der Waals surface area contributed by atoms with Gasteiger partial charge in [-0.1, -0.05) is 11.6 Å². The lowest BCUT2D eigenvalue weighted by Gasteiger charge is -2.09. The van der Waals surface area contributed by atoms with Crippen LogP contribution in [-0.2, 0) is 6.42 Å². The van der Waals surface area contributed by atoms with Crippen molar-refractivity contribution in [1.82, 2.24) is 9.97 Å². The number of aromatic nitrogens is 2. The number of nitrogens with two attached hydrogens (primary N) is 1. The molecule has 2 rings (SSSR count). The van der Waals surface area contributed by atoms with Crippen LogP contribution in [-0.4, -0.2) is 16.5 Å². The SMILES string of the molecule is Cc1nc(Cl)nc(NCCc2ccc(Cl)s2)c1N. The third-order valence-electron chi connectivity index (χ3n) is 2.40. The Kier molecular flexibility index (Phi) is 4.27. The number of halogens is 2. The highest BCUT2D eigenvalue weighted by Gasteiger charge is 2.07. The number of rotatable bonds is 4. The van der Waals surface area contributed by atoms with Gasteiger partial charge in [-0.15, -0.1) is 11.3 Å². The second kappa shape index (κ2) is 5.73. The smallest absolute Gasteiger partial charge is 0.224 e. The van der Waals surface area contributed by atoms with E-state index in [4.69, 9.17) is 28.9 Å².